The van der Waals surface area contributed by atoms with E-state index in [1.54, 1.807) is 6.07 Å². The normalized spacial score (nSPS) is 10.8. The van der Waals surface area contributed by atoms with Crippen molar-refractivity contribution in [3.05, 3.63) is 51.5 Å². The zero-order valence-electron chi connectivity index (χ0n) is 10.4. The second-order valence-electron chi connectivity index (χ2n) is 4.20. The molecular weight excluding hydrogens is 330 g/mol. The molecule has 1 aromatic heterocycles. The molecule has 0 unspecified atom stereocenters. The summed E-state index contributed by atoms with van der Waals surface area (Å²) in [6.45, 7) is 0. The fourth-order valence-electron chi connectivity index (χ4n) is 1.95. The first kappa shape index (κ1) is 14.1. The Morgan fingerprint density at radius 3 is 2.76 bits per heavy atom. The number of thiol groups is 1. The van der Waals surface area contributed by atoms with Crippen molar-refractivity contribution in [3.8, 4) is 10.6 Å². The lowest BCUT2D eigenvalue weighted by Gasteiger charge is -2.05. The van der Waals surface area contributed by atoms with Crippen LogP contribution >= 0.6 is 35.8 Å². The van der Waals surface area contributed by atoms with Gasteiger partial charge in [0, 0.05) is 11.6 Å². The predicted octanol–water partition coefficient (Wildman–Crippen LogP) is 4.78. The average Bonchev–Trinajstić information content (AvgIpc) is 2.90. The molecule has 0 saturated heterocycles. The molecule has 5 nitrogen and oxygen atoms in total. The monoisotopic (exact) mass is 337 g/mol. The Hall–Kier alpha value is -1.83. The number of aromatic nitrogens is 1. The number of nitrogens with zero attached hydrogens (tertiary/aromatic N) is 2. The van der Waals surface area contributed by atoms with Crippen molar-refractivity contribution in [2.24, 2.45) is 0 Å². The number of nitro groups is 1. The minimum atomic E-state index is -0.507. The molecule has 0 amide bonds. The van der Waals surface area contributed by atoms with Gasteiger partial charge < -0.3 is 4.72 Å². The maximum Gasteiger partial charge on any atom is 0.294 e. The van der Waals surface area contributed by atoms with Crippen molar-refractivity contribution in [2.45, 2.75) is 0 Å². The van der Waals surface area contributed by atoms with Crippen LogP contribution in [0.25, 0.3) is 20.8 Å². The Labute approximate surface area is 134 Å². The summed E-state index contributed by atoms with van der Waals surface area (Å²) in [4.78, 5) is 15.0. The number of hydrogen-bond acceptors (Lipinski definition) is 6. The molecule has 106 valence electrons. The molecular formula is C13H8ClN3O2S2. The summed E-state index contributed by atoms with van der Waals surface area (Å²) in [5.41, 5.74) is 1.66. The molecule has 0 atom stereocenters. The van der Waals surface area contributed by atoms with Crippen LogP contribution in [0.2, 0.25) is 5.02 Å². The molecule has 0 spiro atoms. The lowest BCUT2D eigenvalue weighted by atomic mass is 10.2. The van der Waals surface area contributed by atoms with Crippen molar-refractivity contribution in [3.63, 3.8) is 0 Å². The first-order valence-corrected chi connectivity index (χ1v) is 7.48. The van der Waals surface area contributed by atoms with Gasteiger partial charge in [0.15, 0.2) is 0 Å². The van der Waals surface area contributed by atoms with Crippen molar-refractivity contribution >= 4 is 57.3 Å². The summed E-state index contributed by atoms with van der Waals surface area (Å²) in [5.74, 6) is 0. The van der Waals surface area contributed by atoms with Crippen LogP contribution in [-0.2, 0) is 0 Å². The quantitative estimate of drug-likeness (QED) is 0.410. The van der Waals surface area contributed by atoms with Gasteiger partial charge in [0.1, 0.15) is 10.7 Å². The van der Waals surface area contributed by atoms with Crippen molar-refractivity contribution in [2.75, 3.05) is 4.72 Å². The second kappa shape index (κ2) is 5.51. The highest BCUT2D eigenvalue weighted by Gasteiger charge is 2.19. The number of hydrogen-bond donors (Lipinski definition) is 2. The van der Waals surface area contributed by atoms with Gasteiger partial charge >= 0.3 is 0 Å². The Morgan fingerprint density at radius 1 is 1.33 bits per heavy atom. The summed E-state index contributed by atoms with van der Waals surface area (Å²) in [6, 6.07) is 10.6. The van der Waals surface area contributed by atoms with Crippen LogP contribution in [-0.4, -0.2) is 9.91 Å². The number of anilines is 1. The summed E-state index contributed by atoms with van der Waals surface area (Å²) in [6.07, 6.45) is 0. The number of nitro benzene ring substituents is 1. The molecule has 1 heterocycles. The van der Waals surface area contributed by atoms with E-state index < -0.39 is 4.92 Å². The maximum absolute atomic E-state index is 11.0. The molecule has 0 aliphatic rings. The maximum atomic E-state index is 11.0. The summed E-state index contributed by atoms with van der Waals surface area (Å²) >= 11 is 11.6. The zero-order chi connectivity index (χ0) is 15.0. The van der Waals surface area contributed by atoms with Gasteiger partial charge in [-0.15, -0.1) is 11.3 Å². The standard InChI is InChI=1S/C13H8ClN3O2S2/c14-8-6-11(17(18)19)10(16-20)5-7(8)13-15-9-3-1-2-4-12(9)21-13/h1-6,16,20H. The van der Waals surface area contributed by atoms with Gasteiger partial charge in [-0.05, 0) is 18.2 Å². The highest BCUT2D eigenvalue weighted by Crippen LogP contribution is 2.39. The van der Waals surface area contributed by atoms with Crippen molar-refractivity contribution in [1.82, 2.24) is 4.98 Å². The molecule has 2 aromatic carbocycles. The van der Waals surface area contributed by atoms with Gasteiger partial charge in [-0.25, -0.2) is 4.98 Å². The summed E-state index contributed by atoms with van der Waals surface area (Å²) in [7, 11) is 0. The molecule has 3 aromatic rings. The SMILES string of the molecule is O=[N+]([O-])c1cc(Cl)c(-c2nc3ccccc3s2)cc1NS. The Balaban J connectivity index is 2.19. The van der Waals surface area contributed by atoms with Gasteiger partial charge in [-0.1, -0.05) is 36.5 Å². The lowest BCUT2D eigenvalue weighted by molar-refractivity contribution is -0.383. The Morgan fingerprint density at radius 2 is 2.10 bits per heavy atom. The number of benzene rings is 2. The topological polar surface area (TPSA) is 68.1 Å². The molecule has 0 saturated carbocycles. The largest absolute Gasteiger partial charge is 0.327 e. The van der Waals surface area contributed by atoms with Crippen LogP contribution in [0.5, 0.6) is 0 Å². The van der Waals surface area contributed by atoms with Crippen LogP contribution in [0.3, 0.4) is 0 Å². The van der Waals surface area contributed by atoms with Gasteiger partial charge in [0.05, 0.1) is 20.2 Å². The summed E-state index contributed by atoms with van der Waals surface area (Å²) < 4.78 is 3.55. The highest BCUT2D eigenvalue weighted by molar-refractivity contribution is 7.81. The minimum absolute atomic E-state index is 0.125. The van der Waals surface area contributed by atoms with E-state index in [0.29, 0.717) is 10.6 Å². The molecule has 0 aliphatic heterocycles. The van der Waals surface area contributed by atoms with E-state index in [1.807, 2.05) is 24.3 Å². The smallest absolute Gasteiger partial charge is 0.294 e. The molecule has 3 rings (SSSR count). The predicted molar refractivity (Wildman–Crippen MR) is 89.3 cm³/mol. The van der Waals surface area contributed by atoms with E-state index in [1.165, 1.54) is 17.4 Å². The Kier molecular flexibility index (Phi) is 3.71. The fraction of sp³-hybridized carbons (Fsp3) is 0. The van der Waals surface area contributed by atoms with Crippen LogP contribution in [0.1, 0.15) is 0 Å². The number of fused-ring (bicyclic) bond motifs is 1. The average molecular weight is 338 g/mol. The van der Waals surface area contributed by atoms with Gasteiger partial charge in [-0.2, -0.15) is 0 Å². The van der Waals surface area contributed by atoms with E-state index in [-0.39, 0.29) is 16.4 Å². The molecule has 8 heteroatoms. The van der Waals surface area contributed by atoms with E-state index in [9.17, 15) is 10.1 Å². The third kappa shape index (κ3) is 2.55. The van der Waals surface area contributed by atoms with Crippen molar-refractivity contribution < 1.29 is 4.92 Å². The van der Waals surface area contributed by atoms with Gasteiger partial charge in [-0.3, -0.25) is 10.1 Å². The van der Waals surface area contributed by atoms with Crippen LogP contribution in [0.15, 0.2) is 36.4 Å². The van der Waals surface area contributed by atoms with Gasteiger partial charge in [0.2, 0.25) is 0 Å². The molecule has 0 aliphatic carbocycles. The zero-order valence-corrected chi connectivity index (χ0v) is 12.9. The second-order valence-corrected chi connectivity index (χ2v) is 5.87. The lowest BCUT2D eigenvalue weighted by Crippen LogP contribution is -1.94. The molecule has 0 bridgehead atoms. The first-order chi connectivity index (χ1) is 10.1. The molecule has 0 radical (unpaired) electrons. The third-order valence-electron chi connectivity index (χ3n) is 2.93. The van der Waals surface area contributed by atoms with Gasteiger partial charge in [0.25, 0.3) is 5.69 Å². The number of halogens is 1. The van der Waals surface area contributed by atoms with Crippen LogP contribution in [0.4, 0.5) is 11.4 Å². The number of nitrogens with one attached hydrogen (secondary N) is 1. The highest BCUT2D eigenvalue weighted by atomic mass is 35.5. The number of para-hydroxylation sites is 1. The third-order valence-corrected chi connectivity index (χ3v) is 4.55. The van der Waals surface area contributed by atoms with Crippen LogP contribution < -0.4 is 4.72 Å². The fourth-order valence-corrected chi connectivity index (χ4v) is 3.43. The molecule has 1 N–H and O–H groups in total. The minimum Gasteiger partial charge on any atom is -0.327 e. The first-order valence-electron chi connectivity index (χ1n) is 5.84. The Bertz CT molecular complexity index is 818. The van der Waals surface area contributed by atoms with E-state index in [0.717, 1.165) is 10.2 Å². The van der Waals surface area contributed by atoms with E-state index >= 15 is 0 Å². The number of rotatable bonds is 3. The molecule has 0 fully saturated rings. The van der Waals surface area contributed by atoms with Crippen molar-refractivity contribution in [1.29, 1.82) is 0 Å². The summed E-state index contributed by atoms with van der Waals surface area (Å²) in [5, 5.41) is 12.0. The van der Waals surface area contributed by atoms with Crippen LogP contribution in [0, 0.1) is 10.1 Å². The number of thiazole rings is 1. The molecule has 21 heavy (non-hydrogen) atoms. The van der Waals surface area contributed by atoms with E-state index in [4.69, 9.17) is 11.6 Å². The van der Waals surface area contributed by atoms with E-state index in [2.05, 4.69) is 22.5 Å².